The van der Waals surface area contributed by atoms with E-state index in [4.69, 9.17) is 27.9 Å². The third-order valence-electron chi connectivity index (χ3n) is 3.62. The minimum absolute atomic E-state index is 0.265. The van der Waals surface area contributed by atoms with E-state index in [0.29, 0.717) is 22.3 Å². The van der Waals surface area contributed by atoms with Gasteiger partial charge in [0.25, 0.3) is 0 Å². The van der Waals surface area contributed by atoms with Crippen LogP contribution in [0.1, 0.15) is 11.1 Å². The predicted molar refractivity (Wildman–Crippen MR) is 101 cm³/mol. The van der Waals surface area contributed by atoms with Crippen molar-refractivity contribution >= 4 is 28.9 Å². The lowest BCUT2D eigenvalue weighted by molar-refractivity contribution is 0.306. The first-order valence-corrected chi connectivity index (χ1v) is 8.51. The number of rotatable bonds is 6. The van der Waals surface area contributed by atoms with E-state index >= 15 is 0 Å². The van der Waals surface area contributed by atoms with Gasteiger partial charge in [-0.3, -0.25) is 0 Å². The van der Waals surface area contributed by atoms with Crippen LogP contribution in [0.25, 0.3) is 0 Å². The molecule has 0 atom stereocenters. The Kier molecular flexibility index (Phi) is 5.79. The van der Waals surface area contributed by atoms with E-state index in [9.17, 15) is 4.39 Å². The van der Waals surface area contributed by atoms with Gasteiger partial charge in [-0.25, -0.2) is 4.39 Å². The molecule has 0 aliphatic heterocycles. The highest BCUT2D eigenvalue weighted by Crippen LogP contribution is 2.35. The molecule has 2 nitrogen and oxygen atoms in total. The maximum atomic E-state index is 12.9. The first kappa shape index (κ1) is 17.6. The van der Waals surface area contributed by atoms with Crippen LogP contribution in [0, 0.1) is 5.82 Å². The van der Waals surface area contributed by atoms with Crippen LogP contribution in [0.2, 0.25) is 10.0 Å². The second kappa shape index (κ2) is 8.24. The van der Waals surface area contributed by atoms with Crippen LogP contribution < -0.4 is 10.1 Å². The van der Waals surface area contributed by atoms with Gasteiger partial charge in [-0.15, -0.1) is 0 Å². The summed E-state index contributed by atoms with van der Waals surface area (Å²) in [6.07, 6.45) is 0. The minimum Gasteiger partial charge on any atom is -0.486 e. The standard InChI is InChI=1S/C20H16Cl2FNO/c21-18-10-15(12-24-17-4-2-1-3-5-17)11-19(22)20(18)25-13-14-6-8-16(23)9-7-14/h1-11,24H,12-13H2. The van der Waals surface area contributed by atoms with E-state index in [1.165, 1.54) is 12.1 Å². The summed E-state index contributed by atoms with van der Waals surface area (Å²) in [5.74, 6) is 0.145. The lowest BCUT2D eigenvalue weighted by Gasteiger charge is -2.13. The summed E-state index contributed by atoms with van der Waals surface area (Å²) in [4.78, 5) is 0. The van der Waals surface area contributed by atoms with Gasteiger partial charge in [0.2, 0.25) is 0 Å². The summed E-state index contributed by atoms with van der Waals surface area (Å²) < 4.78 is 18.6. The molecular formula is C20H16Cl2FNO. The van der Waals surface area contributed by atoms with E-state index in [0.717, 1.165) is 16.8 Å². The fourth-order valence-electron chi connectivity index (χ4n) is 2.35. The Labute approximate surface area is 156 Å². The molecule has 0 aromatic heterocycles. The summed E-state index contributed by atoms with van der Waals surface area (Å²) in [6, 6.07) is 19.6. The fraction of sp³-hybridized carbons (Fsp3) is 0.100. The quantitative estimate of drug-likeness (QED) is 0.543. The average molecular weight is 376 g/mol. The van der Waals surface area contributed by atoms with Gasteiger partial charge in [0.05, 0.1) is 10.0 Å². The first-order valence-electron chi connectivity index (χ1n) is 7.76. The van der Waals surface area contributed by atoms with Gasteiger partial charge in [-0.05, 0) is 47.5 Å². The summed E-state index contributed by atoms with van der Waals surface area (Å²) in [6.45, 7) is 0.864. The number of halogens is 3. The second-order valence-corrected chi connectivity index (χ2v) is 6.34. The number of hydrogen-bond acceptors (Lipinski definition) is 2. The molecular weight excluding hydrogens is 360 g/mol. The Bertz CT molecular complexity index is 815. The smallest absolute Gasteiger partial charge is 0.156 e. The molecule has 128 valence electrons. The molecule has 0 spiro atoms. The van der Waals surface area contributed by atoms with Crippen molar-refractivity contribution in [2.75, 3.05) is 5.32 Å². The maximum absolute atomic E-state index is 12.9. The van der Waals surface area contributed by atoms with Crippen molar-refractivity contribution in [2.24, 2.45) is 0 Å². The van der Waals surface area contributed by atoms with Crippen molar-refractivity contribution < 1.29 is 9.13 Å². The fourth-order valence-corrected chi connectivity index (χ4v) is 2.99. The highest BCUT2D eigenvalue weighted by molar-refractivity contribution is 6.37. The molecule has 1 N–H and O–H groups in total. The third kappa shape index (κ3) is 4.88. The molecule has 0 aliphatic carbocycles. The van der Waals surface area contributed by atoms with Gasteiger partial charge in [0.15, 0.2) is 5.75 Å². The molecule has 0 saturated heterocycles. The first-order chi connectivity index (χ1) is 12.1. The Morgan fingerprint density at radius 3 is 2.12 bits per heavy atom. The van der Waals surface area contributed by atoms with Crippen molar-refractivity contribution in [3.8, 4) is 5.75 Å². The maximum Gasteiger partial charge on any atom is 0.156 e. The summed E-state index contributed by atoms with van der Waals surface area (Å²) in [7, 11) is 0. The predicted octanol–water partition coefficient (Wildman–Crippen LogP) is 6.32. The molecule has 0 bridgehead atoms. The van der Waals surface area contributed by atoms with Crippen LogP contribution in [0.3, 0.4) is 0 Å². The van der Waals surface area contributed by atoms with Crippen molar-refractivity contribution in [2.45, 2.75) is 13.2 Å². The summed E-state index contributed by atoms with van der Waals surface area (Å²) >= 11 is 12.6. The highest BCUT2D eigenvalue weighted by atomic mass is 35.5. The number of nitrogens with one attached hydrogen (secondary N) is 1. The summed E-state index contributed by atoms with van der Waals surface area (Å²) in [5, 5.41) is 4.19. The molecule has 3 aromatic carbocycles. The van der Waals surface area contributed by atoms with Gasteiger partial charge in [-0.1, -0.05) is 53.5 Å². The SMILES string of the molecule is Fc1ccc(COc2c(Cl)cc(CNc3ccccc3)cc2Cl)cc1. The molecule has 3 aromatic rings. The van der Waals surface area contributed by atoms with E-state index in [1.807, 2.05) is 42.5 Å². The minimum atomic E-state index is -0.282. The average Bonchev–Trinajstić information content (AvgIpc) is 2.62. The number of anilines is 1. The zero-order chi connectivity index (χ0) is 17.6. The van der Waals surface area contributed by atoms with Crippen LogP contribution in [0.4, 0.5) is 10.1 Å². The number of hydrogen-bond donors (Lipinski definition) is 1. The van der Waals surface area contributed by atoms with Gasteiger partial charge in [0.1, 0.15) is 12.4 Å². The van der Waals surface area contributed by atoms with Gasteiger partial charge >= 0.3 is 0 Å². The van der Waals surface area contributed by atoms with Crippen molar-refractivity contribution in [1.82, 2.24) is 0 Å². The Hall–Kier alpha value is -2.23. The zero-order valence-electron chi connectivity index (χ0n) is 13.3. The van der Waals surface area contributed by atoms with E-state index in [-0.39, 0.29) is 12.4 Å². The zero-order valence-corrected chi connectivity index (χ0v) is 14.8. The van der Waals surface area contributed by atoms with Gasteiger partial charge in [-0.2, -0.15) is 0 Å². The second-order valence-electron chi connectivity index (χ2n) is 5.52. The van der Waals surface area contributed by atoms with E-state index in [1.54, 1.807) is 12.1 Å². The Balaban J connectivity index is 1.66. The molecule has 0 radical (unpaired) electrons. The molecule has 3 rings (SSSR count). The normalized spacial score (nSPS) is 10.5. The van der Waals surface area contributed by atoms with Crippen LogP contribution in [-0.2, 0) is 13.2 Å². The van der Waals surface area contributed by atoms with E-state index in [2.05, 4.69) is 5.32 Å². The molecule has 0 aliphatic rings. The Morgan fingerprint density at radius 2 is 1.48 bits per heavy atom. The van der Waals surface area contributed by atoms with E-state index < -0.39 is 0 Å². The molecule has 0 unspecified atom stereocenters. The summed E-state index contributed by atoms with van der Waals surface area (Å²) in [5.41, 5.74) is 2.81. The third-order valence-corrected chi connectivity index (χ3v) is 4.19. The molecule has 0 amide bonds. The lowest BCUT2D eigenvalue weighted by Crippen LogP contribution is -2.01. The van der Waals surface area contributed by atoms with Crippen molar-refractivity contribution in [3.63, 3.8) is 0 Å². The monoisotopic (exact) mass is 375 g/mol. The topological polar surface area (TPSA) is 21.3 Å². The molecule has 0 heterocycles. The number of benzene rings is 3. The molecule has 25 heavy (non-hydrogen) atoms. The highest BCUT2D eigenvalue weighted by Gasteiger charge is 2.10. The van der Waals surface area contributed by atoms with Crippen molar-refractivity contribution in [1.29, 1.82) is 0 Å². The number of para-hydroxylation sites is 1. The van der Waals surface area contributed by atoms with Crippen LogP contribution in [0.5, 0.6) is 5.75 Å². The van der Waals surface area contributed by atoms with Crippen LogP contribution >= 0.6 is 23.2 Å². The van der Waals surface area contributed by atoms with Gasteiger partial charge in [0, 0.05) is 12.2 Å². The van der Waals surface area contributed by atoms with Crippen LogP contribution in [-0.4, -0.2) is 0 Å². The molecule has 0 saturated carbocycles. The van der Waals surface area contributed by atoms with Gasteiger partial charge < -0.3 is 10.1 Å². The van der Waals surface area contributed by atoms with Crippen molar-refractivity contribution in [3.05, 3.63) is 93.7 Å². The lowest BCUT2D eigenvalue weighted by atomic mass is 10.2. The molecule has 5 heteroatoms. The Morgan fingerprint density at radius 1 is 0.840 bits per heavy atom. The largest absolute Gasteiger partial charge is 0.486 e. The van der Waals surface area contributed by atoms with Crippen LogP contribution in [0.15, 0.2) is 66.7 Å². The molecule has 0 fully saturated rings. The number of ether oxygens (including phenoxy) is 1.